The molecule has 1 heterocycles. The normalized spacial score (nSPS) is 46.8. The average Bonchev–Trinajstić information content (AvgIpc) is 3.28. The molecule has 0 amide bonds. The number of hydrogen-bond donors (Lipinski definition) is 1. The molecule has 4 aliphatic carbocycles. The average molecular weight is 445 g/mol. The highest BCUT2D eigenvalue weighted by Gasteiger charge is 2.60. The van der Waals surface area contributed by atoms with Crippen molar-refractivity contribution in [3.05, 3.63) is 12.4 Å². The molecule has 31 heavy (non-hydrogen) atoms. The van der Waals surface area contributed by atoms with Gasteiger partial charge in [0.2, 0.25) is 0 Å². The first kappa shape index (κ1) is 22.0. The number of aliphatic hydroxyl groups is 1. The first-order chi connectivity index (χ1) is 14.7. The number of Topliss-reactive ketones (excluding diaryl/α,β-unsaturated/α-hetero) is 1. The van der Waals surface area contributed by atoms with Crippen molar-refractivity contribution >= 4 is 17.5 Å². The predicted molar refractivity (Wildman–Crippen MR) is 125 cm³/mol. The Hall–Kier alpha value is -0.810. The molecule has 5 rings (SSSR count). The monoisotopic (exact) mass is 444 g/mol. The number of hydrogen-bond acceptors (Lipinski definition) is 4. The van der Waals surface area contributed by atoms with Gasteiger partial charge in [0.25, 0.3) is 0 Å². The van der Waals surface area contributed by atoms with Crippen LogP contribution in [0.1, 0.15) is 72.1 Å². The Morgan fingerprint density at radius 1 is 1.19 bits per heavy atom. The Kier molecular flexibility index (Phi) is 5.61. The van der Waals surface area contributed by atoms with Crippen LogP contribution in [0.2, 0.25) is 0 Å². The van der Waals surface area contributed by atoms with Crippen LogP contribution >= 0.6 is 11.8 Å². The highest BCUT2D eigenvalue weighted by molar-refractivity contribution is 7.98. The van der Waals surface area contributed by atoms with E-state index in [-0.39, 0.29) is 11.3 Å². The molecule has 4 saturated carbocycles. The zero-order valence-electron chi connectivity index (χ0n) is 19.7. The summed E-state index contributed by atoms with van der Waals surface area (Å²) in [6.07, 6.45) is 15.2. The van der Waals surface area contributed by atoms with Gasteiger partial charge in [-0.3, -0.25) is 9.48 Å². The van der Waals surface area contributed by atoms with Gasteiger partial charge in [0.05, 0.1) is 18.3 Å². The molecule has 5 heteroatoms. The summed E-state index contributed by atoms with van der Waals surface area (Å²) in [6.45, 7) is 7.35. The van der Waals surface area contributed by atoms with Crippen LogP contribution in [-0.4, -0.2) is 32.5 Å². The molecule has 1 aromatic rings. The molecule has 0 unspecified atom stereocenters. The molecule has 1 N–H and O–H groups in total. The van der Waals surface area contributed by atoms with Crippen molar-refractivity contribution in [2.24, 2.45) is 46.8 Å². The number of carbonyl (C=O) groups is 1. The molecule has 0 aromatic carbocycles. The minimum Gasteiger partial charge on any atom is -0.390 e. The Balaban J connectivity index is 1.33. The molecule has 0 radical (unpaired) electrons. The van der Waals surface area contributed by atoms with Crippen molar-refractivity contribution in [2.45, 2.75) is 89.2 Å². The molecule has 172 valence electrons. The maximum atomic E-state index is 13.5. The predicted octanol–water partition coefficient (Wildman–Crippen LogP) is 5.44. The number of rotatable bonds is 4. The van der Waals surface area contributed by atoms with Gasteiger partial charge in [-0.05, 0) is 105 Å². The SMILES string of the molecule is CSc1cnn(CC(=O)[C@H]2C[C@@H](C)[C@H]3[C@@H]4CC[C@@H]5C[C@](C)(O)CC[C@@H]5[C@H]4CC[C@@]32C)c1. The van der Waals surface area contributed by atoms with Crippen molar-refractivity contribution in [3.8, 4) is 0 Å². The zero-order chi connectivity index (χ0) is 22.0. The molecule has 9 atom stereocenters. The van der Waals surface area contributed by atoms with E-state index >= 15 is 0 Å². The van der Waals surface area contributed by atoms with E-state index in [0.717, 1.165) is 41.9 Å². The lowest BCUT2D eigenvalue weighted by molar-refractivity contribution is -0.133. The van der Waals surface area contributed by atoms with E-state index in [0.29, 0.717) is 30.1 Å². The third-order valence-corrected chi connectivity index (χ3v) is 10.8. The van der Waals surface area contributed by atoms with Gasteiger partial charge in [-0.15, -0.1) is 11.8 Å². The van der Waals surface area contributed by atoms with Crippen LogP contribution in [0.25, 0.3) is 0 Å². The van der Waals surface area contributed by atoms with Crippen molar-refractivity contribution in [2.75, 3.05) is 6.26 Å². The topological polar surface area (TPSA) is 55.1 Å². The minimum absolute atomic E-state index is 0.153. The van der Waals surface area contributed by atoms with Crippen LogP contribution in [0.4, 0.5) is 0 Å². The molecule has 4 aliphatic rings. The fourth-order valence-electron chi connectivity index (χ4n) is 8.93. The summed E-state index contributed by atoms with van der Waals surface area (Å²) in [6, 6.07) is 0. The maximum Gasteiger partial charge on any atom is 0.157 e. The largest absolute Gasteiger partial charge is 0.390 e. The van der Waals surface area contributed by atoms with Gasteiger partial charge < -0.3 is 5.11 Å². The molecular formula is C26H40N2O2S. The fraction of sp³-hybridized carbons (Fsp3) is 0.846. The lowest BCUT2D eigenvalue weighted by atomic mass is 9.48. The molecule has 4 fully saturated rings. The van der Waals surface area contributed by atoms with E-state index in [9.17, 15) is 9.90 Å². The van der Waals surface area contributed by atoms with Crippen LogP contribution in [-0.2, 0) is 11.3 Å². The van der Waals surface area contributed by atoms with Crippen LogP contribution in [0, 0.1) is 46.8 Å². The summed E-state index contributed by atoms with van der Waals surface area (Å²) in [5, 5.41) is 15.1. The first-order valence-electron chi connectivity index (χ1n) is 12.5. The number of aromatic nitrogens is 2. The second-order valence-corrected chi connectivity index (χ2v) is 12.8. The van der Waals surface area contributed by atoms with Gasteiger partial charge >= 0.3 is 0 Å². The van der Waals surface area contributed by atoms with Crippen LogP contribution < -0.4 is 0 Å². The van der Waals surface area contributed by atoms with E-state index in [1.807, 2.05) is 30.3 Å². The number of nitrogens with zero attached hydrogens (tertiary/aromatic N) is 2. The third-order valence-electron chi connectivity index (χ3n) is 10.1. The molecular weight excluding hydrogens is 404 g/mol. The van der Waals surface area contributed by atoms with Gasteiger partial charge in [0.15, 0.2) is 5.78 Å². The third kappa shape index (κ3) is 3.72. The van der Waals surface area contributed by atoms with E-state index in [1.54, 1.807) is 11.8 Å². The van der Waals surface area contributed by atoms with Crippen molar-refractivity contribution < 1.29 is 9.90 Å². The smallest absolute Gasteiger partial charge is 0.157 e. The summed E-state index contributed by atoms with van der Waals surface area (Å²) >= 11 is 1.68. The second-order valence-electron chi connectivity index (χ2n) is 11.9. The Morgan fingerprint density at radius 2 is 1.97 bits per heavy atom. The van der Waals surface area contributed by atoms with E-state index in [2.05, 4.69) is 18.9 Å². The number of fused-ring (bicyclic) bond motifs is 5. The first-order valence-corrected chi connectivity index (χ1v) is 13.8. The number of thioether (sulfide) groups is 1. The van der Waals surface area contributed by atoms with Gasteiger partial charge in [0.1, 0.15) is 0 Å². The van der Waals surface area contributed by atoms with Gasteiger partial charge in [-0.25, -0.2) is 0 Å². The standard InChI is InChI=1S/C26H40N2O2S/c1-16-11-22(23(29)15-28-14-18(31-4)13-27-28)26(3)10-8-20-19-7-9-25(2,30)12-17(19)5-6-21(20)24(16)26/h13-14,16-17,19-22,24,30H,5-12,15H2,1-4H3/t16-,17-,19+,20-,21-,22-,24+,25-,26-/m1/s1. The maximum absolute atomic E-state index is 13.5. The van der Waals surface area contributed by atoms with Crippen molar-refractivity contribution in [3.63, 3.8) is 0 Å². The van der Waals surface area contributed by atoms with Gasteiger partial charge in [0, 0.05) is 17.0 Å². The molecule has 0 spiro atoms. The molecule has 0 aliphatic heterocycles. The summed E-state index contributed by atoms with van der Waals surface area (Å²) in [4.78, 5) is 14.6. The van der Waals surface area contributed by atoms with Crippen LogP contribution in [0.5, 0.6) is 0 Å². The summed E-state index contributed by atoms with van der Waals surface area (Å²) in [5.74, 6) is 5.02. The minimum atomic E-state index is -0.446. The highest BCUT2D eigenvalue weighted by Crippen LogP contribution is 2.66. The Morgan fingerprint density at radius 3 is 2.71 bits per heavy atom. The number of ketones is 1. The highest BCUT2D eigenvalue weighted by atomic mass is 32.2. The van der Waals surface area contributed by atoms with Crippen LogP contribution in [0.3, 0.4) is 0 Å². The van der Waals surface area contributed by atoms with E-state index < -0.39 is 5.60 Å². The molecule has 4 nitrogen and oxygen atoms in total. The van der Waals surface area contributed by atoms with E-state index in [4.69, 9.17) is 0 Å². The number of carbonyl (C=O) groups excluding carboxylic acids is 1. The fourth-order valence-corrected chi connectivity index (χ4v) is 9.31. The van der Waals surface area contributed by atoms with Gasteiger partial charge in [-0.1, -0.05) is 13.8 Å². The zero-order valence-corrected chi connectivity index (χ0v) is 20.5. The molecule has 0 bridgehead atoms. The summed E-state index contributed by atoms with van der Waals surface area (Å²) < 4.78 is 1.85. The lowest BCUT2D eigenvalue weighted by Gasteiger charge is -2.57. The Labute approximate surface area is 191 Å². The second kappa shape index (κ2) is 7.90. The van der Waals surface area contributed by atoms with E-state index in [1.165, 1.54) is 32.1 Å². The summed E-state index contributed by atoms with van der Waals surface area (Å²) in [7, 11) is 0. The summed E-state index contributed by atoms with van der Waals surface area (Å²) in [5.41, 5.74) is -0.294. The van der Waals surface area contributed by atoms with Crippen molar-refractivity contribution in [1.82, 2.24) is 9.78 Å². The molecule has 1 aromatic heterocycles. The quantitative estimate of drug-likeness (QED) is 0.628. The van der Waals surface area contributed by atoms with Crippen LogP contribution in [0.15, 0.2) is 17.3 Å². The Bertz CT molecular complexity index is 835. The molecule has 0 saturated heterocycles. The lowest BCUT2D eigenvalue weighted by Crippen LogP contribution is -2.51. The van der Waals surface area contributed by atoms with Crippen molar-refractivity contribution in [1.29, 1.82) is 0 Å². The van der Waals surface area contributed by atoms with Gasteiger partial charge in [-0.2, -0.15) is 5.10 Å².